The Kier molecular flexibility index (Phi) is 8.85. The summed E-state index contributed by atoms with van der Waals surface area (Å²) in [6, 6.07) is 15.1. The van der Waals surface area contributed by atoms with Gasteiger partial charge in [-0.3, -0.25) is 14.9 Å². The van der Waals surface area contributed by atoms with E-state index in [-0.39, 0.29) is 41.9 Å². The zero-order valence-electron chi connectivity index (χ0n) is 22.4. The molecular formula is C30H28Cl2N4O5. The molecule has 5 rings (SSSR count). The van der Waals surface area contributed by atoms with Crippen LogP contribution < -0.4 is 15.0 Å². The molecule has 0 aliphatic heterocycles. The van der Waals surface area contributed by atoms with Crippen molar-refractivity contribution in [2.45, 2.75) is 51.6 Å². The van der Waals surface area contributed by atoms with Crippen molar-refractivity contribution in [3.8, 4) is 11.5 Å². The highest BCUT2D eigenvalue weighted by atomic mass is 35.5. The first kappa shape index (κ1) is 28.6. The van der Waals surface area contributed by atoms with Gasteiger partial charge in [0.05, 0.1) is 38.7 Å². The standard InChI is InChI=1S/C30H28Cl2N4O5/c1-2-40-27-16-20(15-26(36(38)39)28(27)41-18-19-12-13-23(31)24(32)14-19)17-33-35-29(21-8-4-3-5-9-21)34-25-11-7-6-10-22(25)30(35)37/h6-7,10-17,21H,2-5,8-9,18H2,1H3. The minimum absolute atomic E-state index is 0.00808. The van der Waals surface area contributed by atoms with E-state index in [1.165, 1.54) is 17.0 Å². The van der Waals surface area contributed by atoms with Crippen molar-refractivity contribution >= 4 is 46.0 Å². The van der Waals surface area contributed by atoms with Crippen LogP contribution in [0.5, 0.6) is 11.5 Å². The lowest BCUT2D eigenvalue weighted by molar-refractivity contribution is -0.386. The van der Waals surface area contributed by atoms with E-state index in [0.29, 0.717) is 37.9 Å². The number of nitro benzene ring substituents is 1. The average Bonchev–Trinajstić information content (AvgIpc) is 2.98. The summed E-state index contributed by atoms with van der Waals surface area (Å²) >= 11 is 12.1. The Balaban J connectivity index is 1.54. The fourth-order valence-corrected chi connectivity index (χ4v) is 5.33. The number of hydrogen-bond donors (Lipinski definition) is 0. The normalized spacial score (nSPS) is 14.0. The van der Waals surface area contributed by atoms with E-state index in [2.05, 4.69) is 5.10 Å². The van der Waals surface area contributed by atoms with Crippen LogP contribution >= 0.6 is 23.2 Å². The molecule has 11 heteroatoms. The van der Waals surface area contributed by atoms with Gasteiger partial charge < -0.3 is 9.47 Å². The van der Waals surface area contributed by atoms with Crippen LogP contribution in [0.3, 0.4) is 0 Å². The Morgan fingerprint density at radius 2 is 1.85 bits per heavy atom. The molecule has 0 unspecified atom stereocenters. The van der Waals surface area contributed by atoms with E-state index in [4.69, 9.17) is 37.7 Å². The van der Waals surface area contributed by atoms with Crippen LogP contribution in [0.2, 0.25) is 10.0 Å². The molecule has 212 valence electrons. The molecule has 4 aromatic rings. The summed E-state index contributed by atoms with van der Waals surface area (Å²) in [4.78, 5) is 29.9. The van der Waals surface area contributed by atoms with Crippen molar-refractivity contribution in [1.29, 1.82) is 0 Å². The van der Waals surface area contributed by atoms with Gasteiger partial charge in [-0.25, -0.2) is 4.98 Å². The Labute approximate surface area is 246 Å². The first-order valence-electron chi connectivity index (χ1n) is 13.4. The maximum Gasteiger partial charge on any atom is 0.315 e. The molecule has 1 aliphatic rings. The van der Waals surface area contributed by atoms with Gasteiger partial charge in [-0.05, 0) is 55.7 Å². The van der Waals surface area contributed by atoms with E-state index in [1.54, 1.807) is 43.3 Å². The van der Waals surface area contributed by atoms with Crippen LogP contribution in [-0.2, 0) is 6.61 Å². The lowest BCUT2D eigenvalue weighted by Crippen LogP contribution is -2.25. The summed E-state index contributed by atoms with van der Waals surface area (Å²) in [7, 11) is 0. The second-order valence-electron chi connectivity index (χ2n) is 9.78. The Morgan fingerprint density at radius 3 is 2.59 bits per heavy atom. The van der Waals surface area contributed by atoms with Gasteiger partial charge >= 0.3 is 5.69 Å². The summed E-state index contributed by atoms with van der Waals surface area (Å²) in [6.07, 6.45) is 6.54. The summed E-state index contributed by atoms with van der Waals surface area (Å²) in [5.41, 5.74) is 1.10. The van der Waals surface area contributed by atoms with Crippen molar-refractivity contribution in [3.63, 3.8) is 0 Å². The van der Waals surface area contributed by atoms with Gasteiger partial charge in [0, 0.05) is 17.5 Å². The number of nitrogens with zero attached hydrogens (tertiary/aromatic N) is 4. The van der Waals surface area contributed by atoms with Crippen LogP contribution in [0, 0.1) is 10.1 Å². The zero-order valence-corrected chi connectivity index (χ0v) is 23.9. The first-order valence-corrected chi connectivity index (χ1v) is 14.2. The first-order chi connectivity index (χ1) is 19.9. The van der Waals surface area contributed by atoms with E-state index in [9.17, 15) is 14.9 Å². The van der Waals surface area contributed by atoms with Gasteiger partial charge in [0.2, 0.25) is 5.75 Å². The van der Waals surface area contributed by atoms with Gasteiger partial charge in [-0.1, -0.05) is 60.7 Å². The smallest absolute Gasteiger partial charge is 0.315 e. The van der Waals surface area contributed by atoms with Crippen LogP contribution in [0.25, 0.3) is 10.9 Å². The van der Waals surface area contributed by atoms with Gasteiger partial charge in [0.25, 0.3) is 5.56 Å². The number of ether oxygens (including phenoxy) is 2. The monoisotopic (exact) mass is 594 g/mol. The second-order valence-corrected chi connectivity index (χ2v) is 10.6. The third-order valence-corrected chi connectivity index (χ3v) is 7.73. The second kappa shape index (κ2) is 12.7. The molecule has 41 heavy (non-hydrogen) atoms. The van der Waals surface area contributed by atoms with Crippen molar-refractivity contribution < 1.29 is 14.4 Å². The van der Waals surface area contributed by atoms with Gasteiger partial charge in [-0.2, -0.15) is 9.78 Å². The molecular weight excluding hydrogens is 567 g/mol. The highest BCUT2D eigenvalue weighted by Gasteiger charge is 2.24. The van der Waals surface area contributed by atoms with Gasteiger partial charge in [-0.15, -0.1) is 0 Å². The van der Waals surface area contributed by atoms with E-state index < -0.39 is 4.92 Å². The van der Waals surface area contributed by atoms with Crippen LogP contribution in [0.1, 0.15) is 61.9 Å². The summed E-state index contributed by atoms with van der Waals surface area (Å²) < 4.78 is 12.9. The lowest BCUT2D eigenvalue weighted by Gasteiger charge is -2.22. The quantitative estimate of drug-likeness (QED) is 0.113. The number of nitro groups is 1. The molecule has 0 N–H and O–H groups in total. The largest absolute Gasteiger partial charge is 0.490 e. The average molecular weight is 595 g/mol. The molecule has 1 aliphatic carbocycles. The molecule has 1 saturated carbocycles. The highest BCUT2D eigenvalue weighted by molar-refractivity contribution is 6.42. The van der Waals surface area contributed by atoms with Gasteiger partial charge in [0.1, 0.15) is 12.4 Å². The molecule has 0 bridgehead atoms. The highest BCUT2D eigenvalue weighted by Crippen LogP contribution is 2.39. The summed E-state index contributed by atoms with van der Waals surface area (Å²) in [5.74, 6) is 0.863. The minimum Gasteiger partial charge on any atom is -0.490 e. The van der Waals surface area contributed by atoms with Crippen molar-refractivity contribution in [2.75, 3.05) is 6.61 Å². The third kappa shape index (κ3) is 6.36. The molecule has 1 aromatic heterocycles. The number of benzene rings is 3. The Hall–Kier alpha value is -3.95. The van der Waals surface area contributed by atoms with Crippen LogP contribution in [0.4, 0.5) is 5.69 Å². The predicted octanol–water partition coefficient (Wildman–Crippen LogP) is 7.52. The van der Waals surface area contributed by atoms with Gasteiger partial charge in [0.15, 0.2) is 5.75 Å². The number of hydrogen-bond acceptors (Lipinski definition) is 7. The maximum atomic E-state index is 13.5. The Bertz CT molecular complexity index is 1680. The Morgan fingerprint density at radius 1 is 1.07 bits per heavy atom. The lowest BCUT2D eigenvalue weighted by atomic mass is 9.88. The van der Waals surface area contributed by atoms with Crippen molar-refractivity contribution in [2.24, 2.45) is 5.10 Å². The maximum absolute atomic E-state index is 13.5. The topological polar surface area (TPSA) is 109 Å². The molecule has 0 atom stereocenters. The van der Waals surface area contributed by atoms with Crippen molar-refractivity contribution in [1.82, 2.24) is 9.66 Å². The molecule has 3 aromatic carbocycles. The fraction of sp³-hybridized carbons (Fsp3) is 0.300. The van der Waals surface area contributed by atoms with E-state index in [0.717, 1.165) is 32.1 Å². The third-order valence-electron chi connectivity index (χ3n) is 6.99. The number of para-hydroxylation sites is 1. The van der Waals surface area contributed by atoms with Crippen LogP contribution in [0.15, 0.2) is 64.5 Å². The SMILES string of the molecule is CCOc1cc(C=Nn2c(C3CCCCC3)nc3ccccc3c2=O)cc([N+](=O)[O-])c1OCc1ccc(Cl)c(Cl)c1. The van der Waals surface area contributed by atoms with Crippen LogP contribution in [-0.4, -0.2) is 27.4 Å². The van der Waals surface area contributed by atoms with Crippen molar-refractivity contribution in [3.05, 3.63) is 102 Å². The number of aromatic nitrogens is 2. The molecule has 0 radical (unpaired) electrons. The fourth-order valence-electron chi connectivity index (χ4n) is 5.01. The number of halogens is 2. The molecule has 9 nitrogen and oxygen atoms in total. The van der Waals surface area contributed by atoms with E-state index in [1.807, 2.05) is 12.1 Å². The molecule has 0 amide bonds. The summed E-state index contributed by atoms with van der Waals surface area (Å²) in [6.45, 7) is 2.03. The molecule has 0 saturated heterocycles. The van der Waals surface area contributed by atoms with E-state index >= 15 is 0 Å². The predicted molar refractivity (Wildman–Crippen MR) is 160 cm³/mol. The number of rotatable bonds is 9. The zero-order chi connectivity index (χ0) is 28.9. The minimum atomic E-state index is -0.540. The molecule has 1 fully saturated rings. The molecule has 0 spiro atoms. The number of fused-ring (bicyclic) bond motifs is 1. The summed E-state index contributed by atoms with van der Waals surface area (Å²) in [5, 5.41) is 17.8. The molecule has 1 heterocycles.